The van der Waals surface area contributed by atoms with Crippen LogP contribution in [0.5, 0.6) is 0 Å². The molecule has 0 aliphatic carbocycles. The van der Waals surface area contributed by atoms with Crippen molar-refractivity contribution in [3.05, 3.63) is 0 Å². The lowest BCUT2D eigenvalue weighted by atomic mass is 9.83. The summed E-state index contributed by atoms with van der Waals surface area (Å²) in [5, 5.41) is 3.06. The predicted molar refractivity (Wildman–Crippen MR) is 80.4 cm³/mol. The Kier molecular flexibility index (Phi) is 7.33. The Balaban J connectivity index is 0.00000324. The zero-order valence-electron chi connectivity index (χ0n) is 12.7. The van der Waals surface area contributed by atoms with Gasteiger partial charge in [-0.05, 0) is 24.2 Å². The van der Waals surface area contributed by atoms with Gasteiger partial charge in [-0.2, -0.15) is 0 Å². The number of hydrogen-bond donors (Lipinski definition) is 2. The minimum absolute atomic E-state index is 0. The molecule has 1 aliphatic rings. The number of ether oxygens (including phenoxy) is 1. The Morgan fingerprint density at radius 2 is 1.95 bits per heavy atom. The summed E-state index contributed by atoms with van der Waals surface area (Å²) in [5.74, 6) is 0.132. The van der Waals surface area contributed by atoms with Crippen molar-refractivity contribution in [1.82, 2.24) is 5.32 Å². The van der Waals surface area contributed by atoms with Crippen LogP contribution < -0.4 is 11.1 Å². The summed E-state index contributed by atoms with van der Waals surface area (Å²) in [7, 11) is 0. The second-order valence-electron chi connectivity index (χ2n) is 6.73. The number of nitrogens with two attached hydrogens (primary N) is 1. The lowest BCUT2D eigenvalue weighted by Gasteiger charge is -2.38. The van der Waals surface area contributed by atoms with Crippen LogP contribution in [0.25, 0.3) is 0 Å². The second-order valence-corrected chi connectivity index (χ2v) is 6.73. The van der Waals surface area contributed by atoms with E-state index in [1.807, 2.05) is 13.8 Å². The van der Waals surface area contributed by atoms with Crippen LogP contribution in [0.2, 0.25) is 0 Å². The van der Waals surface area contributed by atoms with Gasteiger partial charge in [-0.15, -0.1) is 12.4 Å². The van der Waals surface area contributed by atoms with Crippen molar-refractivity contribution < 1.29 is 9.53 Å². The number of halogens is 1. The van der Waals surface area contributed by atoms with E-state index in [0.717, 1.165) is 12.8 Å². The van der Waals surface area contributed by atoms with E-state index in [2.05, 4.69) is 26.1 Å². The molecule has 0 aromatic rings. The van der Waals surface area contributed by atoms with Gasteiger partial charge < -0.3 is 15.8 Å². The standard InChI is InChI=1S/C14H28N2O2.ClH/c1-9(2)12(15)13(17)16-10-6-7-18-11(8-10)14(3,4)5;/h9-12H,6-8,15H2,1-5H3,(H,16,17);1H/t10?,11?,12-;/m0./s1. The van der Waals surface area contributed by atoms with Gasteiger partial charge >= 0.3 is 0 Å². The van der Waals surface area contributed by atoms with Crippen molar-refractivity contribution >= 4 is 18.3 Å². The average molecular weight is 293 g/mol. The van der Waals surface area contributed by atoms with Crippen molar-refractivity contribution in [2.24, 2.45) is 17.1 Å². The highest BCUT2D eigenvalue weighted by molar-refractivity contribution is 5.85. The molecule has 114 valence electrons. The molecule has 1 fully saturated rings. The molecule has 1 rings (SSSR count). The molecule has 0 radical (unpaired) electrons. The Morgan fingerprint density at radius 3 is 2.42 bits per heavy atom. The molecular formula is C14H29ClN2O2. The normalized spacial score (nSPS) is 25.6. The third-order valence-electron chi connectivity index (χ3n) is 3.62. The molecular weight excluding hydrogens is 264 g/mol. The number of rotatable bonds is 3. The Labute approximate surface area is 123 Å². The first-order chi connectivity index (χ1) is 8.21. The molecule has 1 aliphatic heterocycles. The van der Waals surface area contributed by atoms with Gasteiger partial charge in [0.05, 0.1) is 12.1 Å². The fraction of sp³-hybridized carbons (Fsp3) is 0.929. The van der Waals surface area contributed by atoms with Crippen LogP contribution in [-0.2, 0) is 9.53 Å². The highest BCUT2D eigenvalue weighted by Crippen LogP contribution is 2.29. The first-order valence-electron chi connectivity index (χ1n) is 6.89. The van der Waals surface area contributed by atoms with Crippen molar-refractivity contribution in [2.45, 2.75) is 65.6 Å². The quantitative estimate of drug-likeness (QED) is 0.837. The highest BCUT2D eigenvalue weighted by Gasteiger charge is 2.33. The van der Waals surface area contributed by atoms with Crippen LogP contribution in [0.1, 0.15) is 47.5 Å². The molecule has 2 unspecified atom stereocenters. The van der Waals surface area contributed by atoms with E-state index >= 15 is 0 Å². The summed E-state index contributed by atoms with van der Waals surface area (Å²) in [5.41, 5.74) is 5.97. The molecule has 4 nitrogen and oxygen atoms in total. The molecule has 3 atom stereocenters. The minimum Gasteiger partial charge on any atom is -0.378 e. The van der Waals surface area contributed by atoms with Gasteiger partial charge in [-0.3, -0.25) is 4.79 Å². The zero-order valence-corrected chi connectivity index (χ0v) is 13.5. The van der Waals surface area contributed by atoms with Crippen LogP contribution >= 0.6 is 12.4 Å². The van der Waals surface area contributed by atoms with Crippen LogP contribution in [0, 0.1) is 11.3 Å². The summed E-state index contributed by atoms with van der Waals surface area (Å²) in [4.78, 5) is 11.9. The molecule has 0 bridgehead atoms. The van der Waals surface area contributed by atoms with Gasteiger partial charge in [-0.25, -0.2) is 0 Å². The second kappa shape index (κ2) is 7.46. The molecule has 1 heterocycles. The third-order valence-corrected chi connectivity index (χ3v) is 3.62. The third kappa shape index (κ3) is 5.67. The van der Waals surface area contributed by atoms with E-state index in [-0.39, 0.29) is 41.8 Å². The Bertz CT molecular complexity index is 290. The monoisotopic (exact) mass is 292 g/mol. The van der Waals surface area contributed by atoms with Gasteiger partial charge in [0.2, 0.25) is 5.91 Å². The van der Waals surface area contributed by atoms with E-state index in [1.165, 1.54) is 0 Å². The van der Waals surface area contributed by atoms with Crippen LogP contribution in [0.15, 0.2) is 0 Å². The maximum atomic E-state index is 11.9. The van der Waals surface area contributed by atoms with E-state index in [0.29, 0.717) is 6.61 Å². The van der Waals surface area contributed by atoms with Crippen LogP contribution in [-0.4, -0.2) is 30.7 Å². The summed E-state index contributed by atoms with van der Waals surface area (Å²) < 4.78 is 5.78. The van der Waals surface area contributed by atoms with Crippen molar-refractivity contribution in [1.29, 1.82) is 0 Å². The smallest absolute Gasteiger partial charge is 0.237 e. The van der Waals surface area contributed by atoms with Crippen LogP contribution in [0.4, 0.5) is 0 Å². The SMILES string of the molecule is CC(C)[C@H](N)C(=O)NC1CCOC(C(C)(C)C)C1.Cl. The molecule has 0 saturated carbocycles. The molecule has 19 heavy (non-hydrogen) atoms. The van der Waals surface area contributed by atoms with Crippen molar-refractivity contribution in [3.8, 4) is 0 Å². The maximum Gasteiger partial charge on any atom is 0.237 e. The molecule has 0 aromatic heterocycles. The number of nitrogens with one attached hydrogen (secondary N) is 1. The van der Waals surface area contributed by atoms with Crippen molar-refractivity contribution in [2.75, 3.05) is 6.61 Å². The number of amides is 1. The summed E-state index contributed by atoms with van der Waals surface area (Å²) >= 11 is 0. The lowest BCUT2D eigenvalue weighted by Crippen LogP contribution is -2.51. The Morgan fingerprint density at radius 1 is 1.37 bits per heavy atom. The number of carbonyl (C=O) groups is 1. The fourth-order valence-electron chi connectivity index (χ4n) is 2.13. The highest BCUT2D eigenvalue weighted by atomic mass is 35.5. The summed E-state index contributed by atoms with van der Waals surface area (Å²) in [6.45, 7) is 11.1. The van der Waals surface area contributed by atoms with Gasteiger partial charge in [0, 0.05) is 12.6 Å². The van der Waals surface area contributed by atoms with E-state index in [4.69, 9.17) is 10.5 Å². The van der Waals surface area contributed by atoms with Gasteiger partial charge in [0.15, 0.2) is 0 Å². The minimum atomic E-state index is -0.416. The molecule has 5 heteroatoms. The predicted octanol–water partition coefficient (Wildman–Crippen LogP) is 2.10. The Hall–Kier alpha value is -0.320. The molecule has 3 N–H and O–H groups in total. The molecule has 0 spiro atoms. The van der Waals surface area contributed by atoms with Crippen molar-refractivity contribution in [3.63, 3.8) is 0 Å². The summed E-state index contributed by atoms with van der Waals surface area (Å²) in [6.07, 6.45) is 1.95. The molecule has 0 aromatic carbocycles. The maximum absolute atomic E-state index is 11.9. The zero-order chi connectivity index (χ0) is 13.9. The number of hydrogen-bond acceptors (Lipinski definition) is 3. The number of carbonyl (C=O) groups excluding carboxylic acids is 1. The van der Waals surface area contributed by atoms with Crippen LogP contribution in [0.3, 0.4) is 0 Å². The van der Waals surface area contributed by atoms with Gasteiger partial charge in [0.25, 0.3) is 0 Å². The topological polar surface area (TPSA) is 64.4 Å². The largest absolute Gasteiger partial charge is 0.378 e. The first kappa shape index (κ1) is 18.7. The molecule has 1 saturated heterocycles. The summed E-state index contributed by atoms with van der Waals surface area (Å²) in [6, 6.07) is -0.221. The molecule has 1 amide bonds. The van der Waals surface area contributed by atoms with Gasteiger partial charge in [-0.1, -0.05) is 34.6 Å². The van der Waals surface area contributed by atoms with Gasteiger partial charge in [0.1, 0.15) is 0 Å². The lowest BCUT2D eigenvalue weighted by molar-refractivity contribution is -0.126. The van der Waals surface area contributed by atoms with E-state index in [9.17, 15) is 4.79 Å². The van der Waals surface area contributed by atoms with E-state index in [1.54, 1.807) is 0 Å². The average Bonchev–Trinajstić information content (AvgIpc) is 2.27. The van der Waals surface area contributed by atoms with E-state index < -0.39 is 6.04 Å². The fourth-order valence-corrected chi connectivity index (χ4v) is 2.13. The first-order valence-corrected chi connectivity index (χ1v) is 6.89.